The van der Waals surface area contributed by atoms with Gasteiger partial charge in [-0.15, -0.1) is 0 Å². The zero-order valence-corrected chi connectivity index (χ0v) is 11.9. The summed E-state index contributed by atoms with van der Waals surface area (Å²) in [5.74, 6) is 0.871. The second-order valence-corrected chi connectivity index (χ2v) is 5.32. The molecule has 1 aromatic carbocycles. The van der Waals surface area contributed by atoms with Gasteiger partial charge < -0.3 is 9.74 Å². The lowest BCUT2D eigenvalue weighted by atomic mass is 9.93. The molecule has 1 fully saturated rings. The van der Waals surface area contributed by atoms with Crippen LogP contribution in [0.3, 0.4) is 0 Å². The Kier molecular flexibility index (Phi) is 4.34. The lowest BCUT2D eigenvalue weighted by molar-refractivity contribution is -0.384. The fourth-order valence-corrected chi connectivity index (χ4v) is 2.24. The minimum atomic E-state index is -0.434. The van der Waals surface area contributed by atoms with Gasteiger partial charge in [-0.05, 0) is 26.1 Å². The quantitative estimate of drug-likeness (QED) is 0.629. The topological polar surface area (TPSA) is 68.0 Å². The van der Waals surface area contributed by atoms with Crippen molar-refractivity contribution < 1.29 is 9.76 Å². The zero-order chi connectivity index (χ0) is 14.7. The van der Waals surface area contributed by atoms with Crippen molar-refractivity contribution in [2.75, 3.05) is 13.6 Å². The summed E-state index contributed by atoms with van der Waals surface area (Å²) in [7, 11) is 2.11. The summed E-state index contributed by atoms with van der Waals surface area (Å²) < 4.78 is 0. The third-order valence-corrected chi connectivity index (χ3v) is 3.70. The number of non-ortho nitro benzene ring substituents is 1. The highest BCUT2D eigenvalue weighted by atomic mass is 16.6. The Morgan fingerprint density at radius 3 is 2.60 bits per heavy atom. The van der Waals surface area contributed by atoms with Gasteiger partial charge in [-0.1, -0.05) is 12.1 Å². The van der Waals surface area contributed by atoms with Gasteiger partial charge in [0.1, 0.15) is 0 Å². The molecule has 1 heterocycles. The molecule has 108 valence electrons. The Morgan fingerprint density at radius 2 is 2.00 bits per heavy atom. The zero-order valence-electron chi connectivity index (χ0n) is 11.9. The molecule has 0 bridgehead atoms. The average molecular weight is 277 g/mol. The van der Waals surface area contributed by atoms with Crippen molar-refractivity contribution in [2.24, 2.45) is 11.1 Å². The molecular weight excluding hydrogens is 258 g/mol. The number of nitro groups is 1. The molecule has 2 atom stereocenters. The number of rotatable bonds is 3. The van der Waals surface area contributed by atoms with Crippen molar-refractivity contribution in [3.05, 3.63) is 34.4 Å². The molecular formula is C14H19N3O3. The van der Waals surface area contributed by atoms with Crippen molar-refractivity contribution in [1.82, 2.24) is 4.90 Å². The standard InChI is InChI=1S/C14H19N3O3/c1-10-9-16(3)11(2)8-14(10)15-20-13-6-4-12(5-7-13)17(18)19/h4-7,10-11H,8-9H2,1-3H3/b15-14+/t10-,11-/m1/s1. The van der Waals surface area contributed by atoms with E-state index in [1.165, 1.54) is 12.1 Å². The van der Waals surface area contributed by atoms with Crippen LogP contribution in [0.5, 0.6) is 5.75 Å². The molecule has 1 saturated heterocycles. The minimum absolute atomic E-state index is 0.0475. The molecule has 0 radical (unpaired) electrons. The lowest BCUT2D eigenvalue weighted by Gasteiger charge is -2.34. The SMILES string of the molecule is C[C@@H]1CN(C)[C@H](C)C/C1=N\Oc1ccc([N+](=O)[O-])cc1. The first-order valence-corrected chi connectivity index (χ1v) is 6.66. The van der Waals surface area contributed by atoms with Crippen LogP contribution < -0.4 is 4.84 Å². The summed E-state index contributed by atoms with van der Waals surface area (Å²) in [5.41, 5.74) is 1.08. The maximum Gasteiger partial charge on any atom is 0.269 e. The normalized spacial score (nSPS) is 25.6. The smallest absolute Gasteiger partial charge is 0.269 e. The third-order valence-electron chi connectivity index (χ3n) is 3.70. The van der Waals surface area contributed by atoms with Crippen LogP contribution in [0.2, 0.25) is 0 Å². The van der Waals surface area contributed by atoms with E-state index in [-0.39, 0.29) is 5.69 Å². The predicted octanol–water partition coefficient (Wildman–Crippen LogP) is 2.69. The fourth-order valence-electron chi connectivity index (χ4n) is 2.24. The fraction of sp³-hybridized carbons (Fsp3) is 0.500. The van der Waals surface area contributed by atoms with Gasteiger partial charge in [0.05, 0.1) is 10.6 Å². The summed E-state index contributed by atoms with van der Waals surface area (Å²) in [6.07, 6.45) is 0.880. The van der Waals surface area contributed by atoms with Crippen molar-refractivity contribution in [3.63, 3.8) is 0 Å². The lowest BCUT2D eigenvalue weighted by Crippen LogP contribution is -2.43. The van der Waals surface area contributed by atoms with Crippen LogP contribution in [-0.4, -0.2) is 35.2 Å². The van der Waals surface area contributed by atoms with Crippen LogP contribution in [-0.2, 0) is 0 Å². The van der Waals surface area contributed by atoms with Crippen LogP contribution in [0, 0.1) is 16.0 Å². The Hall–Kier alpha value is -1.95. The maximum absolute atomic E-state index is 10.6. The molecule has 0 aliphatic carbocycles. The molecule has 0 saturated carbocycles. The van der Waals surface area contributed by atoms with E-state index in [9.17, 15) is 10.1 Å². The molecule has 0 spiro atoms. The van der Waals surface area contributed by atoms with Gasteiger partial charge in [-0.3, -0.25) is 10.1 Å². The monoisotopic (exact) mass is 277 g/mol. The maximum atomic E-state index is 10.6. The Labute approximate surface area is 118 Å². The molecule has 1 aliphatic rings. The molecule has 2 rings (SSSR count). The second kappa shape index (κ2) is 6.00. The van der Waals surface area contributed by atoms with Gasteiger partial charge in [0.2, 0.25) is 0 Å². The van der Waals surface area contributed by atoms with Gasteiger partial charge in [0.15, 0.2) is 5.75 Å². The van der Waals surface area contributed by atoms with E-state index in [0.29, 0.717) is 17.7 Å². The van der Waals surface area contributed by atoms with E-state index in [2.05, 4.69) is 31.0 Å². The number of piperidine rings is 1. The molecule has 20 heavy (non-hydrogen) atoms. The summed E-state index contributed by atoms with van der Waals surface area (Å²) in [5, 5.41) is 14.8. The Balaban J connectivity index is 2.03. The highest BCUT2D eigenvalue weighted by Crippen LogP contribution is 2.21. The summed E-state index contributed by atoms with van der Waals surface area (Å²) >= 11 is 0. The minimum Gasteiger partial charge on any atom is -0.357 e. The van der Waals surface area contributed by atoms with Gasteiger partial charge in [0, 0.05) is 37.1 Å². The summed E-state index contributed by atoms with van der Waals surface area (Å²) in [4.78, 5) is 17.8. The van der Waals surface area contributed by atoms with E-state index in [4.69, 9.17) is 4.84 Å². The molecule has 0 unspecified atom stereocenters. The second-order valence-electron chi connectivity index (χ2n) is 5.32. The molecule has 6 heteroatoms. The number of hydrogen-bond acceptors (Lipinski definition) is 5. The van der Waals surface area contributed by atoms with Crippen molar-refractivity contribution in [1.29, 1.82) is 0 Å². The summed E-state index contributed by atoms with van der Waals surface area (Å²) in [6, 6.07) is 6.40. The number of oxime groups is 1. The van der Waals surface area contributed by atoms with Crippen molar-refractivity contribution >= 4 is 11.4 Å². The van der Waals surface area contributed by atoms with E-state index in [0.717, 1.165) is 18.7 Å². The number of hydrogen-bond donors (Lipinski definition) is 0. The van der Waals surface area contributed by atoms with Crippen LogP contribution >= 0.6 is 0 Å². The van der Waals surface area contributed by atoms with Gasteiger partial charge in [0.25, 0.3) is 5.69 Å². The molecule has 0 amide bonds. The molecule has 6 nitrogen and oxygen atoms in total. The predicted molar refractivity (Wildman–Crippen MR) is 77.0 cm³/mol. The number of likely N-dealkylation sites (tertiary alicyclic amines) is 1. The Bertz CT molecular complexity index is 513. The molecule has 1 aliphatic heterocycles. The van der Waals surface area contributed by atoms with Crippen LogP contribution in [0.15, 0.2) is 29.4 Å². The molecule has 0 N–H and O–H groups in total. The van der Waals surface area contributed by atoms with E-state index < -0.39 is 4.92 Å². The first kappa shape index (κ1) is 14.5. The Morgan fingerprint density at radius 1 is 1.35 bits per heavy atom. The van der Waals surface area contributed by atoms with Gasteiger partial charge in [-0.2, -0.15) is 0 Å². The van der Waals surface area contributed by atoms with Crippen molar-refractivity contribution in [3.8, 4) is 5.75 Å². The van der Waals surface area contributed by atoms with Gasteiger partial charge in [-0.25, -0.2) is 0 Å². The van der Waals surface area contributed by atoms with Crippen LogP contribution in [0.1, 0.15) is 20.3 Å². The number of nitro benzene ring substituents is 1. The van der Waals surface area contributed by atoms with E-state index in [1.807, 2.05) is 0 Å². The van der Waals surface area contributed by atoms with Crippen molar-refractivity contribution in [2.45, 2.75) is 26.3 Å². The first-order valence-electron chi connectivity index (χ1n) is 6.66. The first-order chi connectivity index (χ1) is 9.47. The highest BCUT2D eigenvalue weighted by Gasteiger charge is 2.25. The molecule has 0 aromatic heterocycles. The third kappa shape index (κ3) is 3.33. The number of benzene rings is 1. The van der Waals surface area contributed by atoms with E-state index in [1.54, 1.807) is 12.1 Å². The summed E-state index contributed by atoms with van der Waals surface area (Å²) in [6.45, 7) is 5.25. The van der Waals surface area contributed by atoms with Crippen LogP contribution in [0.25, 0.3) is 0 Å². The van der Waals surface area contributed by atoms with Gasteiger partial charge >= 0.3 is 0 Å². The molecule has 1 aromatic rings. The van der Waals surface area contributed by atoms with Crippen LogP contribution in [0.4, 0.5) is 5.69 Å². The average Bonchev–Trinajstić information content (AvgIpc) is 2.42. The number of nitrogens with zero attached hydrogens (tertiary/aromatic N) is 3. The largest absolute Gasteiger partial charge is 0.357 e. The highest BCUT2D eigenvalue weighted by molar-refractivity contribution is 5.87. The van der Waals surface area contributed by atoms with E-state index >= 15 is 0 Å².